The molecular formula is C15H32N2O4. The molecule has 0 bridgehead atoms. The fourth-order valence-electron chi connectivity index (χ4n) is 1.95. The van der Waals surface area contributed by atoms with Crippen LogP contribution in [-0.4, -0.2) is 76.6 Å². The summed E-state index contributed by atoms with van der Waals surface area (Å²) >= 11 is 0. The van der Waals surface area contributed by atoms with Crippen LogP contribution in [0.4, 0.5) is 0 Å². The predicted octanol–water partition coefficient (Wildman–Crippen LogP) is 0.903. The summed E-state index contributed by atoms with van der Waals surface area (Å²) in [7, 11) is 3.20. The third-order valence-electron chi connectivity index (χ3n) is 3.63. The Kier molecular flexibility index (Phi) is 11.5. The van der Waals surface area contributed by atoms with E-state index in [2.05, 4.69) is 10.2 Å². The van der Waals surface area contributed by atoms with E-state index in [1.54, 1.807) is 7.05 Å². The summed E-state index contributed by atoms with van der Waals surface area (Å²) in [6.45, 7) is 11.1. The molecule has 0 aromatic heterocycles. The lowest BCUT2D eigenvalue weighted by atomic mass is 9.98. The van der Waals surface area contributed by atoms with Crippen molar-refractivity contribution in [2.45, 2.75) is 32.7 Å². The summed E-state index contributed by atoms with van der Waals surface area (Å²) in [4.78, 5) is 14.1. The Morgan fingerprint density at radius 1 is 1.10 bits per heavy atom. The second kappa shape index (κ2) is 11.9. The summed E-state index contributed by atoms with van der Waals surface area (Å²) < 4.78 is 15.7. The zero-order chi connectivity index (χ0) is 16.1. The van der Waals surface area contributed by atoms with Crippen LogP contribution in [0.15, 0.2) is 0 Å². The van der Waals surface area contributed by atoms with E-state index in [4.69, 9.17) is 14.2 Å². The molecule has 0 aromatic carbocycles. The summed E-state index contributed by atoms with van der Waals surface area (Å²) in [5, 5.41) is 3.06. The van der Waals surface area contributed by atoms with Crippen molar-refractivity contribution >= 4 is 5.97 Å². The van der Waals surface area contributed by atoms with Gasteiger partial charge in [0.25, 0.3) is 0 Å². The molecule has 0 rings (SSSR count). The molecule has 0 aromatic rings. The van der Waals surface area contributed by atoms with Crippen molar-refractivity contribution in [2.24, 2.45) is 0 Å². The maximum Gasteiger partial charge on any atom is 0.325 e. The van der Waals surface area contributed by atoms with Gasteiger partial charge in [0.05, 0.1) is 20.3 Å². The number of rotatable bonds is 13. The summed E-state index contributed by atoms with van der Waals surface area (Å²) in [6.07, 6.45) is 0.675. The standard InChI is InChI=1S/C15H32N2O4/c1-6-20-12-10-17(11-13-21-7-2)9-8-15(3,16-4)14(18)19-5/h16H,6-13H2,1-5H3. The molecule has 0 aliphatic rings. The first kappa shape index (κ1) is 20.3. The van der Waals surface area contributed by atoms with Crippen molar-refractivity contribution in [1.29, 1.82) is 0 Å². The first-order chi connectivity index (χ1) is 10.0. The molecule has 1 N–H and O–H groups in total. The Balaban J connectivity index is 4.37. The minimum Gasteiger partial charge on any atom is -0.468 e. The average molecular weight is 304 g/mol. The molecule has 0 amide bonds. The second-order valence-corrected chi connectivity index (χ2v) is 5.06. The molecule has 1 atom stereocenters. The van der Waals surface area contributed by atoms with Crippen LogP contribution in [0.25, 0.3) is 0 Å². The first-order valence-electron chi connectivity index (χ1n) is 7.69. The molecule has 0 heterocycles. The summed E-state index contributed by atoms with van der Waals surface area (Å²) in [6, 6.07) is 0. The Hall–Kier alpha value is -0.690. The number of carbonyl (C=O) groups excluding carboxylic acids is 1. The van der Waals surface area contributed by atoms with Crippen LogP contribution < -0.4 is 5.32 Å². The van der Waals surface area contributed by atoms with Gasteiger partial charge in [0.2, 0.25) is 0 Å². The maximum absolute atomic E-state index is 11.8. The van der Waals surface area contributed by atoms with E-state index < -0.39 is 5.54 Å². The smallest absolute Gasteiger partial charge is 0.325 e. The highest BCUT2D eigenvalue weighted by Gasteiger charge is 2.32. The van der Waals surface area contributed by atoms with E-state index in [0.29, 0.717) is 19.6 Å². The van der Waals surface area contributed by atoms with Gasteiger partial charge in [0.15, 0.2) is 0 Å². The van der Waals surface area contributed by atoms with Gasteiger partial charge in [-0.15, -0.1) is 0 Å². The SMILES string of the molecule is CCOCCN(CCOCC)CCC(C)(NC)C(=O)OC. The van der Waals surface area contributed by atoms with Crippen molar-refractivity contribution in [3.05, 3.63) is 0 Å². The maximum atomic E-state index is 11.8. The van der Waals surface area contributed by atoms with Crippen molar-refractivity contribution in [2.75, 3.05) is 60.2 Å². The Labute approximate surface area is 129 Å². The van der Waals surface area contributed by atoms with Gasteiger partial charge in [-0.3, -0.25) is 9.69 Å². The minimum atomic E-state index is -0.662. The number of hydrogen-bond donors (Lipinski definition) is 1. The van der Waals surface area contributed by atoms with Crippen molar-refractivity contribution in [3.63, 3.8) is 0 Å². The number of carbonyl (C=O) groups is 1. The Morgan fingerprint density at radius 2 is 1.62 bits per heavy atom. The number of esters is 1. The highest BCUT2D eigenvalue weighted by atomic mass is 16.5. The van der Waals surface area contributed by atoms with Crippen LogP contribution in [0, 0.1) is 0 Å². The van der Waals surface area contributed by atoms with Gasteiger partial charge in [0.1, 0.15) is 5.54 Å². The number of methoxy groups -OCH3 is 1. The highest BCUT2D eigenvalue weighted by Crippen LogP contribution is 2.12. The molecule has 1 unspecified atom stereocenters. The largest absolute Gasteiger partial charge is 0.468 e. The van der Waals surface area contributed by atoms with E-state index in [9.17, 15) is 4.79 Å². The lowest BCUT2D eigenvalue weighted by Gasteiger charge is -2.30. The second-order valence-electron chi connectivity index (χ2n) is 5.06. The summed E-state index contributed by atoms with van der Waals surface area (Å²) in [5.74, 6) is -0.237. The molecule has 0 aliphatic heterocycles. The lowest BCUT2D eigenvalue weighted by Crippen LogP contribution is -2.50. The van der Waals surface area contributed by atoms with Crippen LogP contribution in [0.3, 0.4) is 0 Å². The fourth-order valence-corrected chi connectivity index (χ4v) is 1.95. The molecule has 126 valence electrons. The topological polar surface area (TPSA) is 60.0 Å². The minimum absolute atomic E-state index is 0.237. The Morgan fingerprint density at radius 3 is 2.00 bits per heavy atom. The van der Waals surface area contributed by atoms with E-state index in [0.717, 1.165) is 32.8 Å². The molecular weight excluding hydrogens is 272 g/mol. The van der Waals surface area contributed by atoms with Crippen molar-refractivity contribution in [3.8, 4) is 0 Å². The quantitative estimate of drug-likeness (QED) is 0.403. The van der Waals surface area contributed by atoms with Gasteiger partial charge in [-0.25, -0.2) is 0 Å². The molecule has 6 nitrogen and oxygen atoms in total. The van der Waals surface area contributed by atoms with Gasteiger partial charge in [-0.1, -0.05) is 0 Å². The van der Waals surface area contributed by atoms with E-state index in [-0.39, 0.29) is 5.97 Å². The van der Waals surface area contributed by atoms with Crippen molar-refractivity contribution in [1.82, 2.24) is 10.2 Å². The molecule has 0 radical (unpaired) electrons. The van der Waals surface area contributed by atoms with Gasteiger partial charge < -0.3 is 19.5 Å². The number of ether oxygens (including phenoxy) is 3. The van der Waals surface area contributed by atoms with Crippen LogP contribution in [0.1, 0.15) is 27.2 Å². The molecule has 6 heteroatoms. The molecule has 0 saturated carbocycles. The summed E-state index contributed by atoms with van der Waals surface area (Å²) in [5.41, 5.74) is -0.662. The van der Waals surface area contributed by atoms with E-state index in [1.165, 1.54) is 7.11 Å². The first-order valence-corrected chi connectivity index (χ1v) is 7.69. The third-order valence-corrected chi connectivity index (χ3v) is 3.63. The van der Waals surface area contributed by atoms with E-state index in [1.807, 2.05) is 20.8 Å². The monoisotopic (exact) mass is 304 g/mol. The van der Waals surface area contributed by atoms with Crippen LogP contribution in [0.2, 0.25) is 0 Å². The van der Waals surface area contributed by atoms with Gasteiger partial charge in [-0.05, 0) is 34.2 Å². The van der Waals surface area contributed by atoms with E-state index >= 15 is 0 Å². The number of hydrogen-bond acceptors (Lipinski definition) is 6. The zero-order valence-electron chi connectivity index (χ0n) is 14.2. The van der Waals surface area contributed by atoms with Crippen molar-refractivity contribution < 1.29 is 19.0 Å². The third kappa shape index (κ3) is 8.36. The highest BCUT2D eigenvalue weighted by molar-refractivity contribution is 5.80. The fraction of sp³-hybridized carbons (Fsp3) is 0.933. The zero-order valence-corrected chi connectivity index (χ0v) is 14.2. The molecule has 21 heavy (non-hydrogen) atoms. The average Bonchev–Trinajstić information content (AvgIpc) is 2.51. The van der Waals surface area contributed by atoms with Crippen LogP contribution in [0.5, 0.6) is 0 Å². The predicted molar refractivity (Wildman–Crippen MR) is 83.5 cm³/mol. The molecule has 0 aliphatic carbocycles. The van der Waals surface area contributed by atoms with Gasteiger partial charge in [0, 0.05) is 32.8 Å². The molecule has 0 fully saturated rings. The van der Waals surface area contributed by atoms with Crippen LogP contribution in [-0.2, 0) is 19.0 Å². The number of nitrogens with zero attached hydrogens (tertiary/aromatic N) is 1. The molecule has 0 spiro atoms. The van der Waals surface area contributed by atoms with Gasteiger partial charge in [-0.2, -0.15) is 0 Å². The number of likely N-dealkylation sites (N-methyl/N-ethyl adjacent to an activating group) is 1. The lowest BCUT2D eigenvalue weighted by molar-refractivity contribution is -0.148. The number of nitrogens with one attached hydrogen (secondary N) is 1. The van der Waals surface area contributed by atoms with Gasteiger partial charge >= 0.3 is 5.97 Å². The normalized spacial score (nSPS) is 14.2. The van der Waals surface area contributed by atoms with Crippen LogP contribution >= 0.6 is 0 Å². The molecule has 0 saturated heterocycles. The Bertz CT molecular complexity index is 266.